The molecule has 2 aliphatic rings. The zero-order chi connectivity index (χ0) is 11.9. The smallest absolute Gasteiger partial charge is 0.0900 e. The van der Waals surface area contributed by atoms with Crippen LogP contribution in [0.25, 0.3) is 12.2 Å². The summed E-state index contributed by atoms with van der Waals surface area (Å²) in [5, 5.41) is 4.39. The largest absolute Gasteiger partial charge is 0.246 e. The summed E-state index contributed by atoms with van der Waals surface area (Å²) in [5.41, 5.74) is 1.90. The Bertz CT molecular complexity index is 767. The summed E-state index contributed by atoms with van der Waals surface area (Å²) in [5.74, 6) is 0. The van der Waals surface area contributed by atoms with Crippen LogP contribution in [0.4, 0.5) is 0 Å². The average molecular weight is 230 g/mol. The molecule has 0 saturated heterocycles. The molecule has 0 atom stereocenters. The summed E-state index contributed by atoms with van der Waals surface area (Å²) in [4.78, 5) is 9.23. The van der Waals surface area contributed by atoms with Crippen LogP contribution in [0.3, 0.4) is 0 Å². The third-order valence-corrected chi connectivity index (χ3v) is 3.20. The highest BCUT2D eigenvalue weighted by atomic mass is 14.8. The fourth-order valence-electron chi connectivity index (χ4n) is 2.30. The maximum atomic E-state index is 4.62. The van der Waals surface area contributed by atoms with E-state index in [9.17, 15) is 0 Å². The highest BCUT2D eigenvalue weighted by Gasteiger charge is 2.08. The first-order chi connectivity index (χ1) is 8.90. The molecule has 84 valence electrons. The van der Waals surface area contributed by atoms with Gasteiger partial charge in [0.05, 0.1) is 22.1 Å². The molecule has 0 N–H and O–H groups in total. The SMILES string of the molecule is C1=c2ccccc2=NC1=C1C=c2ccccc2=N1. The quantitative estimate of drug-likeness (QED) is 0.627. The Morgan fingerprint density at radius 3 is 1.44 bits per heavy atom. The zero-order valence-electron chi connectivity index (χ0n) is 9.67. The van der Waals surface area contributed by atoms with E-state index < -0.39 is 0 Å². The summed E-state index contributed by atoms with van der Waals surface area (Å²) in [6.07, 6.45) is 4.19. The fourth-order valence-corrected chi connectivity index (χ4v) is 2.30. The molecule has 2 heteroatoms. The van der Waals surface area contributed by atoms with Crippen LogP contribution < -0.4 is 21.2 Å². The normalized spacial score (nSPS) is 19.1. The molecular formula is C16H10N2. The summed E-state index contributed by atoms with van der Waals surface area (Å²) >= 11 is 0. The minimum Gasteiger partial charge on any atom is -0.246 e. The van der Waals surface area contributed by atoms with E-state index in [2.05, 4.69) is 34.3 Å². The molecule has 0 fully saturated rings. The lowest BCUT2D eigenvalue weighted by Gasteiger charge is -1.91. The molecule has 18 heavy (non-hydrogen) atoms. The molecule has 2 aromatic carbocycles. The number of benzene rings is 2. The van der Waals surface area contributed by atoms with Gasteiger partial charge in [0.15, 0.2) is 0 Å². The number of nitrogens with zero attached hydrogens (tertiary/aromatic N) is 2. The predicted molar refractivity (Wildman–Crippen MR) is 70.4 cm³/mol. The standard InChI is InChI=1S/C16H10N2/c1-3-7-13-11(5-1)9-15(17-13)16-10-12-6-2-4-8-14(12)18-16/h1-10H. The minimum absolute atomic E-state index is 0.951. The van der Waals surface area contributed by atoms with Crippen molar-refractivity contribution in [1.29, 1.82) is 0 Å². The molecule has 0 radical (unpaired) electrons. The van der Waals surface area contributed by atoms with E-state index in [0.717, 1.165) is 22.1 Å². The van der Waals surface area contributed by atoms with Gasteiger partial charge >= 0.3 is 0 Å². The Balaban J connectivity index is 2.00. The summed E-state index contributed by atoms with van der Waals surface area (Å²) in [6.45, 7) is 0. The summed E-state index contributed by atoms with van der Waals surface area (Å²) in [7, 11) is 0. The number of allylic oxidation sites excluding steroid dienone is 2. The molecule has 0 bridgehead atoms. The van der Waals surface area contributed by atoms with Crippen LogP contribution in [0.1, 0.15) is 0 Å². The van der Waals surface area contributed by atoms with Crippen LogP contribution in [0.2, 0.25) is 0 Å². The van der Waals surface area contributed by atoms with Gasteiger partial charge in [0.2, 0.25) is 0 Å². The second-order valence-corrected chi connectivity index (χ2v) is 4.40. The zero-order valence-corrected chi connectivity index (χ0v) is 9.67. The first-order valence-corrected chi connectivity index (χ1v) is 5.95. The highest BCUT2D eigenvalue weighted by Crippen LogP contribution is 2.13. The number of hydrogen-bond acceptors (Lipinski definition) is 2. The molecule has 0 amide bonds. The van der Waals surface area contributed by atoms with Gasteiger partial charge in [0, 0.05) is 10.4 Å². The molecule has 0 aliphatic carbocycles. The summed E-state index contributed by atoms with van der Waals surface area (Å²) < 4.78 is 0. The Morgan fingerprint density at radius 1 is 0.556 bits per heavy atom. The van der Waals surface area contributed by atoms with E-state index in [4.69, 9.17) is 0 Å². The van der Waals surface area contributed by atoms with Crippen LogP contribution in [-0.4, -0.2) is 0 Å². The molecular weight excluding hydrogens is 220 g/mol. The maximum Gasteiger partial charge on any atom is 0.0900 e. The van der Waals surface area contributed by atoms with Crippen molar-refractivity contribution >= 4 is 12.2 Å². The van der Waals surface area contributed by atoms with Crippen molar-refractivity contribution in [2.75, 3.05) is 0 Å². The monoisotopic (exact) mass is 230 g/mol. The lowest BCUT2D eigenvalue weighted by Crippen LogP contribution is -2.19. The Labute approximate surface area is 104 Å². The first kappa shape index (κ1) is 9.54. The van der Waals surface area contributed by atoms with Crippen molar-refractivity contribution in [3.63, 3.8) is 0 Å². The van der Waals surface area contributed by atoms with Gasteiger partial charge in [0.25, 0.3) is 0 Å². The van der Waals surface area contributed by atoms with Crippen molar-refractivity contribution in [2.24, 2.45) is 9.98 Å². The third kappa shape index (κ3) is 1.36. The van der Waals surface area contributed by atoms with Gasteiger partial charge < -0.3 is 0 Å². The van der Waals surface area contributed by atoms with Crippen LogP contribution in [0, 0.1) is 0 Å². The van der Waals surface area contributed by atoms with Crippen molar-refractivity contribution < 1.29 is 0 Å². The van der Waals surface area contributed by atoms with Crippen molar-refractivity contribution in [3.05, 3.63) is 81.1 Å². The lowest BCUT2D eigenvalue weighted by molar-refractivity contribution is 1.24. The van der Waals surface area contributed by atoms with Crippen molar-refractivity contribution in [3.8, 4) is 0 Å². The Kier molecular flexibility index (Phi) is 1.86. The van der Waals surface area contributed by atoms with E-state index in [1.54, 1.807) is 0 Å². The predicted octanol–water partition coefficient (Wildman–Crippen LogP) is 0.426. The van der Waals surface area contributed by atoms with Gasteiger partial charge in [-0.15, -0.1) is 0 Å². The first-order valence-electron chi connectivity index (χ1n) is 5.95. The van der Waals surface area contributed by atoms with Crippen molar-refractivity contribution in [1.82, 2.24) is 0 Å². The molecule has 2 aliphatic heterocycles. The van der Waals surface area contributed by atoms with E-state index in [1.807, 2.05) is 36.4 Å². The molecule has 0 aromatic heterocycles. The topological polar surface area (TPSA) is 24.7 Å². The second kappa shape index (κ2) is 3.50. The van der Waals surface area contributed by atoms with Crippen LogP contribution >= 0.6 is 0 Å². The Morgan fingerprint density at radius 2 is 1.00 bits per heavy atom. The van der Waals surface area contributed by atoms with Crippen molar-refractivity contribution in [2.45, 2.75) is 0 Å². The number of para-hydroxylation sites is 2. The molecule has 2 aromatic rings. The van der Waals surface area contributed by atoms with Crippen LogP contribution in [0.15, 0.2) is 69.9 Å². The second-order valence-electron chi connectivity index (χ2n) is 4.40. The van der Waals surface area contributed by atoms with Gasteiger partial charge in [-0.2, -0.15) is 0 Å². The maximum absolute atomic E-state index is 4.62. The number of fused-ring (bicyclic) bond motifs is 2. The van der Waals surface area contributed by atoms with E-state index in [1.165, 1.54) is 10.4 Å². The van der Waals surface area contributed by atoms with E-state index in [0.29, 0.717) is 0 Å². The summed E-state index contributed by atoms with van der Waals surface area (Å²) in [6, 6.07) is 16.3. The molecule has 2 heterocycles. The van der Waals surface area contributed by atoms with E-state index in [-0.39, 0.29) is 0 Å². The van der Waals surface area contributed by atoms with Gasteiger partial charge in [-0.3, -0.25) is 0 Å². The molecule has 0 saturated carbocycles. The lowest BCUT2D eigenvalue weighted by atomic mass is 10.2. The van der Waals surface area contributed by atoms with Gasteiger partial charge in [-0.1, -0.05) is 36.4 Å². The highest BCUT2D eigenvalue weighted by molar-refractivity contribution is 5.62. The number of hydrogen-bond donors (Lipinski definition) is 0. The average Bonchev–Trinajstić information content (AvgIpc) is 3.02. The number of rotatable bonds is 0. The van der Waals surface area contributed by atoms with E-state index >= 15 is 0 Å². The van der Waals surface area contributed by atoms with Gasteiger partial charge in [-0.05, 0) is 24.3 Å². The minimum atomic E-state index is 0.951. The van der Waals surface area contributed by atoms with Crippen LogP contribution in [0.5, 0.6) is 0 Å². The van der Waals surface area contributed by atoms with Gasteiger partial charge in [-0.25, -0.2) is 9.98 Å². The molecule has 0 spiro atoms. The fraction of sp³-hybridized carbons (Fsp3) is 0. The molecule has 0 unspecified atom stereocenters. The van der Waals surface area contributed by atoms with Crippen LogP contribution in [-0.2, 0) is 0 Å². The molecule has 2 nitrogen and oxygen atoms in total. The third-order valence-electron chi connectivity index (χ3n) is 3.20. The Hall–Kier alpha value is -2.48. The molecule has 4 rings (SSSR count). The van der Waals surface area contributed by atoms with Gasteiger partial charge in [0.1, 0.15) is 0 Å².